The van der Waals surface area contributed by atoms with Crippen molar-refractivity contribution in [3.8, 4) is 0 Å². The molecule has 20 heavy (non-hydrogen) atoms. The van der Waals surface area contributed by atoms with Gasteiger partial charge in [0.05, 0.1) is 12.1 Å². The van der Waals surface area contributed by atoms with E-state index < -0.39 is 0 Å². The fourth-order valence-corrected chi connectivity index (χ4v) is 2.58. The number of aromatic nitrogens is 2. The van der Waals surface area contributed by atoms with Crippen LogP contribution >= 0.6 is 0 Å². The maximum Gasteiger partial charge on any atom is 0.135 e. The van der Waals surface area contributed by atoms with Gasteiger partial charge in [-0.3, -0.25) is 0 Å². The first kappa shape index (κ1) is 15.0. The highest BCUT2D eigenvalue weighted by atomic mass is 16.5. The highest BCUT2D eigenvalue weighted by Gasteiger charge is 2.28. The molecule has 0 bridgehead atoms. The minimum absolute atomic E-state index is 0.0359. The van der Waals surface area contributed by atoms with Crippen molar-refractivity contribution in [1.29, 1.82) is 0 Å². The van der Waals surface area contributed by atoms with Crippen LogP contribution in [0.2, 0.25) is 0 Å². The summed E-state index contributed by atoms with van der Waals surface area (Å²) >= 11 is 0. The van der Waals surface area contributed by atoms with Gasteiger partial charge in [0, 0.05) is 25.6 Å². The Labute approximate surface area is 121 Å². The highest BCUT2D eigenvalue weighted by Crippen LogP contribution is 2.27. The third-order valence-corrected chi connectivity index (χ3v) is 3.76. The fraction of sp³-hybridized carbons (Fsp3) is 0.733. The summed E-state index contributed by atoms with van der Waals surface area (Å²) in [6.07, 6.45) is 4.14. The number of ether oxygens (including phenoxy) is 1. The van der Waals surface area contributed by atoms with Gasteiger partial charge >= 0.3 is 0 Å². The van der Waals surface area contributed by atoms with Crippen LogP contribution in [0.5, 0.6) is 0 Å². The molecule has 1 unspecified atom stereocenters. The molecule has 2 N–H and O–H groups in total. The molecule has 1 aliphatic rings. The van der Waals surface area contributed by atoms with Crippen molar-refractivity contribution >= 4 is 11.6 Å². The molecule has 0 aliphatic carbocycles. The summed E-state index contributed by atoms with van der Waals surface area (Å²) in [5.41, 5.74) is 1.03. The Kier molecular flexibility index (Phi) is 4.81. The van der Waals surface area contributed by atoms with E-state index >= 15 is 0 Å². The van der Waals surface area contributed by atoms with Gasteiger partial charge in [-0.15, -0.1) is 0 Å². The molecule has 0 amide bonds. The maximum atomic E-state index is 5.61. The molecule has 0 aromatic carbocycles. The molecule has 0 radical (unpaired) electrons. The van der Waals surface area contributed by atoms with Crippen molar-refractivity contribution in [1.82, 2.24) is 9.97 Å². The zero-order valence-electron chi connectivity index (χ0n) is 13.0. The van der Waals surface area contributed by atoms with Crippen molar-refractivity contribution in [2.45, 2.75) is 52.0 Å². The summed E-state index contributed by atoms with van der Waals surface area (Å²) in [7, 11) is 1.90. The maximum absolute atomic E-state index is 5.61. The average Bonchev–Trinajstić information content (AvgIpc) is 2.43. The smallest absolute Gasteiger partial charge is 0.135 e. The zero-order valence-corrected chi connectivity index (χ0v) is 13.0. The lowest BCUT2D eigenvalue weighted by atomic mass is 9.94. The Bertz CT molecular complexity index is 455. The largest absolute Gasteiger partial charge is 0.379 e. The third kappa shape index (κ3) is 3.39. The van der Waals surface area contributed by atoms with Crippen molar-refractivity contribution in [2.75, 3.05) is 30.9 Å². The average molecular weight is 278 g/mol. The molecule has 2 rings (SSSR count). The summed E-state index contributed by atoms with van der Waals surface area (Å²) in [4.78, 5) is 9.26. The number of nitrogens with one attached hydrogen (secondary N) is 2. The molecule has 1 atom stereocenters. The van der Waals surface area contributed by atoms with Gasteiger partial charge in [0.2, 0.25) is 0 Å². The Morgan fingerprint density at radius 3 is 2.65 bits per heavy atom. The molecule has 0 spiro atoms. The van der Waals surface area contributed by atoms with Crippen molar-refractivity contribution in [3.63, 3.8) is 0 Å². The summed E-state index contributed by atoms with van der Waals surface area (Å²) in [5, 5.41) is 6.74. The summed E-state index contributed by atoms with van der Waals surface area (Å²) in [6.45, 7) is 7.99. The number of rotatable bonds is 5. The van der Waals surface area contributed by atoms with Crippen LogP contribution < -0.4 is 10.6 Å². The summed E-state index contributed by atoms with van der Waals surface area (Å²) < 4.78 is 5.61. The molecule has 1 aliphatic heterocycles. The molecule has 2 heterocycles. The number of nitrogens with zero attached hydrogens (tertiary/aromatic N) is 2. The van der Waals surface area contributed by atoms with Crippen molar-refractivity contribution in [2.24, 2.45) is 0 Å². The van der Waals surface area contributed by atoms with Gasteiger partial charge in [-0.05, 0) is 33.1 Å². The molecular formula is C15H26N4O. The topological polar surface area (TPSA) is 59.1 Å². The van der Waals surface area contributed by atoms with Crippen LogP contribution in [0.15, 0.2) is 0 Å². The van der Waals surface area contributed by atoms with E-state index in [0.29, 0.717) is 0 Å². The van der Waals surface area contributed by atoms with E-state index in [1.165, 1.54) is 0 Å². The molecular weight excluding hydrogens is 252 g/mol. The van der Waals surface area contributed by atoms with Crippen LogP contribution in [0.1, 0.15) is 44.5 Å². The van der Waals surface area contributed by atoms with Crippen LogP contribution in [-0.4, -0.2) is 35.8 Å². The van der Waals surface area contributed by atoms with Gasteiger partial charge in [0.1, 0.15) is 17.5 Å². The van der Waals surface area contributed by atoms with Crippen LogP contribution in [-0.2, 0) is 11.2 Å². The Morgan fingerprint density at radius 1 is 1.30 bits per heavy atom. The standard InChI is InChI=1S/C15H26N4O/c1-5-7-12-17-13(16-4)11(2)14(18-12)19-15(3)8-6-9-20-10-15/h5-10H2,1-4H3,(H2,16,17,18,19). The number of hydrogen-bond donors (Lipinski definition) is 2. The van der Waals surface area contributed by atoms with E-state index in [4.69, 9.17) is 9.72 Å². The number of hydrogen-bond acceptors (Lipinski definition) is 5. The van der Waals surface area contributed by atoms with Gasteiger partial charge < -0.3 is 15.4 Å². The molecule has 5 nitrogen and oxygen atoms in total. The van der Waals surface area contributed by atoms with E-state index in [1.54, 1.807) is 0 Å². The highest BCUT2D eigenvalue weighted by molar-refractivity contribution is 5.58. The van der Waals surface area contributed by atoms with Crippen LogP contribution in [0.4, 0.5) is 11.6 Å². The third-order valence-electron chi connectivity index (χ3n) is 3.76. The van der Waals surface area contributed by atoms with Gasteiger partial charge in [-0.1, -0.05) is 6.92 Å². The first-order chi connectivity index (χ1) is 9.58. The zero-order chi connectivity index (χ0) is 14.6. The molecule has 1 fully saturated rings. The predicted octanol–water partition coefficient (Wildman–Crippen LogP) is 2.76. The SMILES string of the molecule is CCCc1nc(NC)c(C)c(NC2(C)CCCOC2)n1. The van der Waals surface area contributed by atoms with Gasteiger partial charge in [-0.2, -0.15) is 0 Å². The van der Waals surface area contributed by atoms with Crippen LogP contribution in [0, 0.1) is 6.92 Å². The fourth-order valence-electron chi connectivity index (χ4n) is 2.58. The number of aryl methyl sites for hydroxylation is 1. The van der Waals surface area contributed by atoms with E-state index in [9.17, 15) is 0 Å². The number of anilines is 2. The van der Waals surface area contributed by atoms with Crippen LogP contribution in [0.3, 0.4) is 0 Å². The second kappa shape index (κ2) is 6.39. The van der Waals surface area contributed by atoms with Gasteiger partial charge in [0.15, 0.2) is 0 Å². The van der Waals surface area contributed by atoms with E-state index in [-0.39, 0.29) is 5.54 Å². The molecule has 5 heteroatoms. The predicted molar refractivity (Wildman–Crippen MR) is 82.4 cm³/mol. The Balaban J connectivity index is 2.26. The second-order valence-corrected chi connectivity index (χ2v) is 5.80. The monoisotopic (exact) mass is 278 g/mol. The lowest BCUT2D eigenvalue weighted by molar-refractivity contribution is 0.0538. The van der Waals surface area contributed by atoms with E-state index in [0.717, 1.165) is 61.9 Å². The molecule has 0 saturated carbocycles. The van der Waals surface area contributed by atoms with Crippen LogP contribution in [0.25, 0.3) is 0 Å². The first-order valence-electron chi connectivity index (χ1n) is 7.49. The Morgan fingerprint density at radius 2 is 2.05 bits per heavy atom. The molecule has 1 saturated heterocycles. The van der Waals surface area contributed by atoms with E-state index in [1.807, 2.05) is 7.05 Å². The normalized spacial score (nSPS) is 22.6. The molecule has 112 valence electrons. The van der Waals surface area contributed by atoms with Gasteiger partial charge in [0.25, 0.3) is 0 Å². The first-order valence-corrected chi connectivity index (χ1v) is 7.49. The second-order valence-electron chi connectivity index (χ2n) is 5.80. The lowest BCUT2D eigenvalue weighted by Crippen LogP contribution is -2.43. The summed E-state index contributed by atoms with van der Waals surface area (Å²) in [6, 6.07) is 0. The Hall–Kier alpha value is -1.36. The lowest BCUT2D eigenvalue weighted by Gasteiger charge is -2.35. The van der Waals surface area contributed by atoms with Gasteiger partial charge in [-0.25, -0.2) is 9.97 Å². The minimum Gasteiger partial charge on any atom is -0.379 e. The summed E-state index contributed by atoms with van der Waals surface area (Å²) in [5.74, 6) is 2.73. The van der Waals surface area contributed by atoms with E-state index in [2.05, 4.69) is 36.4 Å². The quantitative estimate of drug-likeness (QED) is 0.867. The van der Waals surface area contributed by atoms with Crippen molar-refractivity contribution < 1.29 is 4.74 Å². The van der Waals surface area contributed by atoms with Crippen molar-refractivity contribution in [3.05, 3.63) is 11.4 Å². The molecule has 1 aromatic rings. The minimum atomic E-state index is -0.0359. The molecule has 1 aromatic heterocycles.